The number of hydrogen-bond donors (Lipinski definition) is 1. The molecule has 0 aliphatic carbocycles. The third-order valence-corrected chi connectivity index (χ3v) is 7.05. The van der Waals surface area contributed by atoms with Gasteiger partial charge < -0.3 is 9.72 Å². The van der Waals surface area contributed by atoms with Gasteiger partial charge in [-0.2, -0.15) is 0 Å². The van der Waals surface area contributed by atoms with Gasteiger partial charge in [-0.05, 0) is 83.3 Å². The Bertz CT molecular complexity index is 1610. The van der Waals surface area contributed by atoms with Gasteiger partial charge in [-0.1, -0.05) is 31.2 Å². The summed E-state index contributed by atoms with van der Waals surface area (Å²) in [7, 11) is 1.65. The van der Waals surface area contributed by atoms with Crippen molar-refractivity contribution in [2.24, 2.45) is 0 Å². The minimum atomic E-state index is -0.132. The molecule has 5 aromatic rings. The molecule has 2 aromatic carbocycles. The summed E-state index contributed by atoms with van der Waals surface area (Å²) in [5.41, 5.74) is 5.84. The first kappa shape index (κ1) is 26.2. The lowest BCUT2D eigenvalue weighted by molar-refractivity contribution is 0.161. The fourth-order valence-corrected chi connectivity index (χ4v) is 5.13. The van der Waals surface area contributed by atoms with E-state index in [2.05, 4.69) is 50.3 Å². The van der Waals surface area contributed by atoms with Crippen LogP contribution in [0.4, 0.5) is 0 Å². The predicted octanol–water partition coefficient (Wildman–Crippen LogP) is 4.74. The molecule has 3 aromatic heterocycles. The first-order valence-corrected chi connectivity index (χ1v) is 13.1. The second kappa shape index (κ2) is 11.6. The zero-order chi connectivity index (χ0) is 27.4. The number of methoxy groups -OCH3 is 1. The summed E-state index contributed by atoms with van der Waals surface area (Å²) >= 11 is 0. The molecule has 5 rings (SSSR count). The smallest absolute Gasteiger partial charge is 0.252 e. The van der Waals surface area contributed by atoms with Crippen LogP contribution in [0.3, 0.4) is 0 Å². The second-order valence-electron chi connectivity index (χ2n) is 9.90. The van der Waals surface area contributed by atoms with E-state index in [1.807, 2.05) is 66.3 Å². The molecule has 0 bridgehead atoms. The van der Waals surface area contributed by atoms with Gasteiger partial charge >= 0.3 is 0 Å². The number of nitrogens with zero attached hydrogens (tertiary/aromatic N) is 6. The van der Waals surface area contributed by atoms with Crippen molar-refractivity contribution in [2.75, 3.05) is 7.11 Å². The lowest BCUT2D eigenvalue weighted by Crippen LogP contribution is -2.32. The average Bonchev–Trinajstić information content (AvgIpc) is 3.38. The molecule has 0 fully saturated rings. The summed E-state index contributed by atoms with van der Waals surface area (Å²) in [5, 5.41) is 13.8. The maximum atomic E-state index is 13.3. The van der Waals surface area contributed by atoms with Gasteiger partial charge in [0.15, 0.2) is 5.82 Å². The van der Waals surface area contributed by atoms with Crippen LogP contribution in [0.1, 0.15) is 53.0 Å². The molecule has 39 heavy (non-hydrogen) atoms. The Kier molecular flexibility index (Phi) is 7.79. The van der Waals surface area contributed by atoms with Crippen molar-refractivity contribution in [3.05, 3.63) is 111 Å². The van der Waals surface area contributed by atoms with Crippen molar-refractivity contribution in [1.29, 1.82) is 0 Å². The minimum Gasteiger partial charge on any atom is -0.497 e. The van der Waals surface area contributed by atoms with Crippen LogP contribution in [0.5, 0.6) is 5.75 Å². The Morgan fingerprint density at radius 1 is 1.05 bits per heavy atom. The molecule has 3 heterocycles. The Morgan fingerprint density at radius 3 is 2.59 bits per heavy atom. The van der Waals surface area contributed by atoms with E-state index in [0.717, 1.165) is 51.2 Å². The number of rotatable bonds is 10. The number of aromatic amines is 1. The van der Waals surface area contributed by atoms with Crippen molar-refractivity contribution in [2.45, 2.75) is 52.9 Å². The van der Waals surface area contributed by atoms with E-state index in [0.29, 0.717) is 25.2 Å². The van der Waals surface area contributed by atoms with Crippen LogP contribution in [0, 0.1) is 13.8 Å². The highest BCUT2D eigenvalue weighted by Gasteiger charge is 2.26. The Balaban J connectivity index is 1.51. The van der Waals surface area contributed by atoms with Gasteiger partial charge in [0.05, 0.1) is 19.7 Å². The number of ether oxygens (including phenoxy) is 1. The summed E-state index contributed by atoms with van der Waals surface area (Å²) in [4.78, 5) is 22.9. The number of nitrogens with one attached hydrogen (secondary N) is 1. The Labute approximate surface area is 227 Å². The molecular weight excluding hydrogens is 490 g/mol. The number of aromatic nitrogens is 6. The number of pyridine rings is 2. The maximum absolute atomic E-state index is 13.3. The standard InChI is InChI=1S/C30H33N7O2/c1-5-28(29-33-34-35-37(29)18-22-8-10-25(39-4)11-9-22)36(17-23-7-6-12-31-16-23)19-24-15-26-21(3)13-20(2)14-27(26)32-30(24)38/h6-16,28H,5,17-19H2,1-4H3,(H,32,38)/t28-/m1/s1. The van der Waals surface area contributed by atoms with E-state index in [1.54, 1.807) is 13.3 Å². The molecule has 9 nitrogen and oxygen atoms in total. The van der Waals surface area contributed by atoms with E-state index in [1.165, 1.54) is 0 Å². The van der Waals surface area contributed by atoms with Crippen LogP contribution in [-0.4, -0.2) is 42.2 Å². The summed E-state index contributed by atoms with van der Waals surface area (Å²) in [5.74, 6) is 1.55. The summed E-state index contributed by atoms with van der Waals surface area (Å²) < 4.78 is 7.13. The quantitative estimate of drug-likeness (QED) is 0.282. The van der Waals surface area contributed by atoms with E-state index >= 15 is 0 Å². The molecule has 0 aliphatic rings. The molecule has 0 saturated carbocycles. The molecule has 0 amide bonds. The highest BCUT2D eigenvalue weighted by atomic mass is 16.5. The number of tetrazole rings is 1. The van der Waals surface area contributed by atoms with Gasteiger partial charge in [-0.3, -0.25) is 14.7 Å². The summed E-state index contributed by atoms with van der Waals surface area (Å²) in [6, 6.07) is 17.9. The van der Waals surface area contributed by atoms with E-state index < -0.39 is 0 Å². The average molecular weight is 524 g/mol. The predicted molar refractivity (Wildman–Crippen MR) is 150 cm³/mol. The molecule has 0 aliphatic heterocycles. The van der Waals surface area contributed by atoms with Crippen molar-refractivity contribution in [3.8, 4) is 5.75 Å². The van der Waals surface area contributed by atoms with Crippen LogP contribution >= 0.6 is 0 Å². The van der Waals surface area contributed by atoms with Crippen LogP contribution in [0.25, 0.3) is 10.9 Å². The van der Waals surface area contributed by atoms with Crippen LogP contribution in [0.2, 0.25) is 0 Å². The summed E-state index contributed by atoms with van der Waals surface area (Å²) in [6.45, 7) is 7.78. The summed E-state index contributed by atoms with van der Waals surface area (Å²) in [6.07, 6.45) is 4.38. The number of benzene rings is 2. The lowest BCUT2D eigenvalue weighted by atomic mass is 10.0. The molecule has 200 valence electrons. The molecule has 0 radical (unpaired) electrons. The maximum Gasteiger partial charge on any atom is 0.252 e. The third-order valence-electron chi connectivity index (χ3n) is 7.05. The number of hydrogen-bond acceptors (Lipinski definition) is 7. The number of aryl methyl sites for hydroxylation is 2. The molecular formula is C30H33N7O2. The Hall–Kier alpha value is -4.37. The highest BCUT2D eigenvalue weighted by molar-refractivity contribution is 5.83. The van der Waals surface area contributed by atoms with Crippen molar-refractivity contribution in [3.63, 3.8) is 0 Å². The fraction of sp³-hybridized carbons (Fsp3) is 0.300. The van der Waals surface area contributed by atoms with Crippen molar-refractivity contribution in [1.82, 2.24) is 35.1 Å². The monoisotopic (exact) mass is 523 g/mol. The third kappa shape index (κ3) is 5.88. The van der Waals surface area contributed by atoms with Crippen LogP contribution in [-0.2, 0) is 19.6 Å². The molecule has 0 saturated heterocycles. The minimum absolute atomic E-state index is 0.0867. The second-order valence-corrected chi connectivity index (χ2v) is 9.90. The topological polar surface area (TPSA) is 102 Å². The van der Waals surface area contributed by atoms with Crippen LogP contribution < -0.4 is 10.3 Å². The van der Waals surface area contributed by atoms with Gasteiger partial charge in [0.1, 0.15) is 5.75 Å². The van der Waals surface area contributed by atoms with E-state index in [4.69, 9.17) is 4.74 Å². The van der Waals surface area contributed by atoms with E-state index in [9.17, 15) is 4.79 Å². The fourth-order valence-electron chi connectivity index (χ4n) is 5.13. The van der Waals surface area contributed by atoms with Crippen molar-refractivity contribution >= 4 is 10.9 Å². The first-order chi connectivity index (χ1) is 18.9. The highest BCUT2D eigenvalue weighted by Crippen LogP contribution is 2.27. The van der Waals surface area contributed by atoms with Gasteiger partial charge in [0, 0.05) is 41.9 Å². The van der Waals surface area contributed by atoms with Crippen molar-refractivity contribution < 1.29 is 4.74 Å². The molecule has 0 unspecified atom stereocenters. The Morgan fingerprint density at radius 2 is 1.87 bits per heavy atom. The number of fused-ring (bicyclic) bond motifs is 1. The lowest BCUT2D eigenvalue weighted by Gasteiger charge is -2.30. The van der Waals surface area contributed by atoms with Crippen LogP contribution in [0.15, 0.2) is 71.8 Å². The van der Waals surface area contributed by atoms with Gasteiger partial charge in [0.25, 0.3) is 5.56 Å². The van der Waals surface area contributed by atoms with Gasteiger partial charge in [-0.25, -0.2) is 4.68 Å². The molecule has 1 N–H and O–H groups in total. The van der Waals surface area contributed by atoms with Gasteiger partial charge in [-0.15, -0.1) is 5.10 Å². The van der Waals surface area contributed by atoms with E-state index in [-0.39, 0.29) is 11.6 Å². The molecule has 1 atom stereocenters. The first-order valence-electron chi connectivity index (χ1n) is 13.1. The molecule has 0 spiro atoms. The zero-order valence-corrected chi connectivity index (χ0v) is 22.8. The largest absolute Gasteiger partial charge is 0.497 e. The number of H-pyrrole nitrogens is 1. The zero-order valence-electron chi connectivity index (χ0n) is 22.8. The normalized spacial score (nSPS) is 12.2. The van der Waals surface area contributed by atoms with Gasteiger partial charge in [0.2, 0.25) is 0 Å². The SMILES string of the molecule is CC[C@H](c1nnnn1Cc1ccc(OC)cc1)N(Cc1cccnc1)Cc1cc2c(C)cc(C)cc2[nH]c1=O. The molecule has 9 heteroatoms.